The Morgan fingerprint density at radius 2 is 1.82 bits per heavy atom. The number of halogens is 3. The Hall–Kier alpha value is -2.55. The number of alkyl halides is 1. The smallest absolute Gasteiger partial charge is 0.133 e. The van der Waals surface area contributed by atoms with Crippen LogP contribution in [0.5, 0.6) is 0 Å². The van der Waals surface area contributed by atoms with Gasteiger partial charge in [0.15, 0.2) is 0 Å². The van der Waals surface area contributed by atoms with E-state index in [1.165, 1.54) is 12.1 Å². The van der Waals surface area contributed by atoms with E-state index in [1.807, 2.05) is 18.2 Å². The number of aromatic amines is 1. The molecule has 0 spiro atoms. The molecule has 3 aromatic rings. The lowest BCUT2D eigenvalue weighted by Gasteiger charge is -2.75. The van der Waals surface area contributed by atoms with Crippen molar-refractivity contribution >= 4 is 16.6 Å². The van der Waals surface area contributed by atoms with Gasteiger partial charge in [0.05, 0.1) is 24.4 Å². The van der Waals surface area contributed by atoms with E-state index in [0.717, 1.165) is 60.9 Å². The molecule has 0 radical (unpaired) electrons. The number of hydrogen-bond donors (Lipinski definition) is 2. The molecule has 0 unspecified atom stereocenters. The van der Waals surface area contributed by atoms with Crippen LogP contribution in [0, 0.1) is 11.6 Å². The van der Waals surface area contributed by atoms with Crippen molar-refractivity contribution in [3.63, 3.8) is 0 Å². The summed E-state index contributed by atoms with van der Waals surface area (Å²) in [6.45, 7) is 4.08. The maximum atomic E-state index is 16.0. The van der Waals surface area contributed by atoms with Gasteiger partial charge in [0.25, 0.3) is 0 Å². The zero-order valence-corrected chi connectivity index (χ0v) is 22.0. The van der Waals surface area contributed by atoms with Crippen LogP contribution in [0.1, 0.15) is 55.5 Å². The van der Waals surface area contributed by atoms with Crippen molar-refractivity contribution in [1.29, 1.82) is 0 Å². The molecular formula is C30H35F3N4O. The first-order valence-corrected chi connectivity index (χ1v) is 13.8. The fourth-order valence-electron chi connectivity index (χ4n) is 7.91. The Morgan fingerprint density at radius 3 is 2.50 bits per heavy atom. The van der Waals surface area contributed by atoms with Crippen molar-refractivity contribution in [2.45, 2.75) is 68.3 Å². The number of fused-ring (bicyclic) bond motifs is 3. The van der Waals surface area contributed by atoms with Crippen molar-refractivity contribution in [3.8, 4) is 0 Å². The number of ether oxygens (including phenoxy) is 1. The van der Waals surface area contributed by atoms with Gasteiger partial charge >= 0.3 is 0 Å². The van der Waals surface area contributed by atoms with Crippen LogP contribution in [0.15, 0.2) is 36.4 Å². The first-order chi connectivity index (χ1) is 18.4. The highest BCUT2D eigenvalue weighted by atomic mass is 19.1. The van der Waals surface area contributed by atoms with Crippen LogP contribution in [-0.4, -0.2) is 71.4 Å². The van der Waals surface area contributed by atoms with Gasteiger partial charge in [0.1, 0.15) is 11.6 Å². The average molecular weight is 525 g/mol. The number of benzene rings is 2. The minimum absolute atomic E-state index is 0.0727. The molecule has 8 heteroatoms. The van der Waals surface area contributed by atoms with Gasteiger partial charge in [-0.1, -0.05) is 18.2 Å². The van der Waals surface area contributed by atoms with Crippen LogP contribution >= 0.6 is 0 Å². The monoisotopic (exact) mass is 524 g/mol. The summed E-state index contributed by atoms with van der Waals surface area (Å²) in [5.74, 6) is -1.05. The quantitative estimate of drug-likeness (QED) is 0.405. The van der Waals surface area contributed by atoms with E-state index < -0.39 is 17.7 Å². The molecule has 0 amide bonds. The van der Waals surface area contributed by atoms with Gasteiger partial charge in [-0.25, -0.2) is 8.78 Å². The molecule has 5 aliphatic rings. The number of H-pyrrole nitrogens is 1. The molecule has 4 fully saturated rings. The molecule has 1 aromatic heterocycles. The number of nitrogens with one attached hydrogen (secondary N) is 2. The zero-order chi connectivity index (χ0) is 26.2. The van der Waals surface area contributed by atoms with Crippen LogP contribution in [-0.2, 0) is 11.2 Å². The summed E-state index contributed by atoms with van der Waals surface area (Å²) in [5, 5.41) is 4.41. The van der Waals surface area contributed by atoms with Gasteiger partial charge in [-0.15, -0.1) is 0 Å². The number of anilines is 1. The third kappa shape index (κ3) is 3.56. The van der Waals surface area contributed by atoms with Gasteiger partial charge in [0.2, 0.25) is 0 Å². The molecule has 3 heterocycles. The van der Waals surface area contributed by atoms with Crippen molar-refractivity contribution in [2.24, 2.45) is 0 Å². The molecule has 202 valence electrons. The summed E-state index contributed by atoms with van der Waals surface area (Å²) in [6, 6.07) is 10.7. The highest BCUT2D eigenvalue weighted by Gasteiger charge is 2.73. The van der Waals surface area contributed by atoms with Gasteiger partial charge in [0, 0.05) is 66.2 Å². The Morgan fingerprint density at radius 1 is 1.11 bits per heavy atom. The normalized spacial score (nSPS) is 31.0. The summed E-state index contributed by atoms with van der Waals surface area (Å²) in [7, 11) is 1.77. The minimum Gasteiger partial charge on any atom is -0.380 e. The fraction of sp³-hybridized carbons (Fsp3) is 0.533. The van der Waals surface area contributed by atoms with E-state index in [0.29, 0.717) is 18.7 Å². The topological polar surface area (TPSA) is 43.5 Å². The number of likely N-dealkylation sites (tertiary alicyclic amines) is 1. The largest absolute Gasteiger partial charge is 0.380 e. The third-order valence-corrected chi connectivity index (χ3v) is 9.60. The minimum atomic E-state index is -0.537. The number of para-hydroxylation sites is 1. The molecule has 3 aliphatic carbocycles. The molecule has 2 aliphatic heterocycles. The predicted octanol–water partition coefficient (Wildman–Crippen LogP) is 5.56. The van der Waals surface area contributed by atoms with Crippen LogP contribution in [0.25, 0.3) is 10.9 Å². The van der Waals surface area contributed by atoms with Crippen molar-refractivity contribution in [1.82, 2.24) is 14.8 Å². The standard InChI is InChI=1S/C30H35F3N4O/c1-18-10-22-21-6-3-4-7-25(21)35-27(22)28(37(18)29-15-30(16-29,17-29)38-2)26-23(32)11-19(12-24(26)33)34-20-13-36(14-20)9-5-8-31/h3-4,6-7,11-12,18,20,28,34-35H,5,8-10,13-17H2,1-2H3/t18-,28-,29?,30?/m0/s1. The van der Waals surface area contributed by atoms with Crippen molar-refractivity contribution < 1.29 is 17.9 Å². The van der Waals surface area contributed by atoms with E-state index in [9.17, 15) is 4.39 Å². The second kappa shape index (κ2) is 8.73. The molecule has 38 heavy (non-hydrogen) atoms. The first kappa shape index (κ1) is 24.5. The Labute approximate surface area is 221 Å². The third-order valence-electron chi connectivity index (χ3n) is 9.60. The van der Waals surface area contributed by atoms with Gasteiger partial charge in [-0.3, -0.25) is 14.2 Å². The van der Waals surface area contributed by atoms with Gasteiger partial charge in [-0.05, 0) is 62.8 Å². The molecule has 5 nitrogen and oxygen atoms in total. The molecule has 8 rings (SSSR count). The Balaban J connectivity index is 1.25. The Bertz CT molecular complexity index is 1340. The predicted molar refractivity (Wildman–Crippen MR) is 142 cm³/mol. The summed E-state index contributed by atoms with van der Waals surface area (Å²) in [6.07, 6.45) is 4.05. The zero-order valence-electron chi connectivity index (χ0n) is 22.0. The molecule has 2 atom stereocenters. The lowest BCUT2D eigenvalue weighted by molar-refractivity contribution is -0.293. The maximum Gasteiger partial charge on any atom is 0.133 e. The summed E-state index contributed by atoms with van der Waals surface area (Å²) in [5.41, 5.74) is 3.47. The van der Waals surface area contributed by atoms with Crippen molar-refractivity contribution in [3.05, 3.63) is 64.9 Å². The van der Waals surface area contributed by atoms with E-state index in [1.54, 1.807) is 7.11 Å². The van der Waals surface area contributed by atoms with Crippen LogP contribution in [0.4, 0.5) is 18.9 Å². The number of methoxy groups -OCH3 is 1. The second-order valence-corrected chi connectivity index (χ2v) is 12.1. The molecular weight excluding hydrogens is 489 g/mol. The number of hydrogen-bond acceptors (Lipinski definition) is 4. The maximum absolute atomic E-state index is 16.0. The van der Waals surface area contributed by atoms with E-state index in [-0.39, 0.29) is 35.5 Å². The lowest BCUT2D eigenvalue weighted by atomic mass is 9.44. The number of aromatic nitrogens is 1. The molecule has 3 saturated carbocycles. The second-order valence-electron chi connectivity index (χ2n) is 12.1. The molecule has 2 aromatic carbocycles. The summed E-state index contributed by atoms with van der Waals surface area (Å²) < 4.78 is 50.3. The summed E-state index contributed by atoms with van der Waals surface area (Å²) >= 11 is 0. The van der Waals surface area contributed by atoms with Crippen LogP contribution in [0.2, 0.25) is 0 Å². The number of rotatable bonds is 8. The highest BCUT2D eigenvalue weighted by Crippen LogP contribution is 2.68. The van der Waals surface area contributed by atoms with Gasteiger partial charge < -0.3 is 15.0 Å². The fourth-order valence-corrected chi connectivity index (χ4v) is 7.91. The SMILES string of the molecule is COC12CC(N3[C@@H](c4c(F)cc(NC5CN(CCCF)C5)cc4F)c4[nH]c5ccccc5c4C[C@@H]3C)(C1)C2. The van der Waals surface area contributed by atoms with E-state index in [4.69, 9.17) is 4.74 Å². The van der Waals surface area contributed by atoms with Crippen LogP contribution in [0.3, 0.4) is 0 Å². The lowest BCUT2D eigenvalue weighted by Crippen LogP contribution is -2.81. The van der Waals surface area contributed by atoms with Gasteiger partial charge in [-0.2, -0.15) is 0 Å². The van der Waals surface area contributed by atoms with E-state index in [2.05, 4.69) is 33.1 Å². The summed E-state index contributed by atoms with van der Waals surface area (Å²) in [4.78, 5) is 8.09. The van der Waals surface area contributed by atoms with Crippen molar-refractivity contribution in [2.75, 3.05) is 38.7 Å². The van der Waals surface area contributed by atoms with E-state index >= 15 is 8.78 Å². The van der Waals surface area contributed by atoms with Crippen LogP contribution < -0.4 is 5.32 Å². The molecule has 2 bridgehead atoms. The average Bonchev–Trinajstić information content (AvgIpc) is 3.18. The first-order valence-electron chi connectivity index (χ1n) is 13.8. The molecule has 2 N–H and O–H groups in total. The number of nitrogens with zero attached hydrogens (tertiary/aromatic N) is 2. The Kier molecular flexibility index (Phi) is 5.63. The highest BCUT2D eigenvalue weighted by molar-refractivity contribution is 5.85. The molecule has 1 saturated heterocycles.